The van der Waals surface area contributed by atoms with Gasteiger partial charge < -0.3 is 4.90 Å². The van der Waals surface area contributed by atoms with E-state index in [1.807, 2.05) is 7.05 Å². The molecule has 1 aromatic rings. The summed E-state index contributed by atoms with van der Waals surface area (Å²) in [7, 11) is 1.98. The number of anilines is 1. The van der Waals surface area contributed by atoms with Crippen molar-refractivity contribution in [2.75, 3.05) is 18.5 Å². The average molecular weight is 232 g/mol. The minimum absolute atomic E-state index is 0.348. The number of nitriles is 1. The second kappa shape index (κ2) is 5.18. The molecule has 0 unspecified atom stereocenters. The first kappa shape index (κ1) is 11.9. The molecule has 1 aliphatic rings. The van der Waals surface area contributed by atoms with Gasteiger partial charge in [0.2, 0.25) is 0 Å². The molecule has 0 radical (unpaired) electrons. The summed E-state index contributed by atoms with van der Waals surface area (Å²) in [5, 5.41) is 9.01. The number of benzene rings is 1. The minimum Gasteiger partial charge on any atom is -0.373 e. The first-order valence-corrected chi connectivity index (χ1v) is 6.11. The van der Waals surface area contributed by atoms with E-state index in [9.17, 15) is 4.39 Å². The molecule has 2 nitrogen and oxygen atoms in total. The van der Waals surface area contributed by atoms with E-state index >= 15 is 0 Å². The standard InChI is InChI=1S/C14H17FN2/c1-17(10-11-4-2-3-5-11)14-7-6-13(15)8-12(14)9-16/h6-8,11H,2-5,10H2,1H3. The second-order valence-corrected chi connectivity index (χ2v) is 4.80. The molecule has 0 aliphatic heterocycles. The largest absolute Gasteiger partial charge is 0.373 e. The van der Waals surface area contributed by atoms with Gasteiger partial charge in [0.05, 0.1) is 11.3 Å². The van der Waals surface area contributed by atoms with E-state index in [0.717, 1.165) is 18.2 Å². The molecule has 0 heterocycles. The minimum atomic E-state index is -0.348. The number of nitrogens with zero attached hydrogens (tertiary/aromatic N) is 2. The van der Waals surface area contributed by atoms with E-state index in [-0.39, 0.29) is 5.82 Å². The van der Waals surface area contributed by atoms with Crippen LogP contribution < -0.4 is 4.90 Å². The molecule has 1 fully saturated rings. The molecule has 1 aromatic carbocycles. The van der Waals surface area contributed by atoms with Gasteiger partial charge in [-0.1, -0.05) is 12.8 Å². The summed E-state index contributed by atoms with van der Waals surface area (Å²) >= 11 is 0. The Morgan fingerprint density at radius 3 is 2.76 bits per heavy atom. The first-order chi connectivity index (χ1) is 8.20. The van der Waals surface area contributed by atoms with Crippen molar-refractivity contribution < 1.29 is 4.39 Å². The molecule has 1 saturated carbocycles. The maximum Gasteiger partial charge on any atom is 0.124 e. The predicted octanol–water partition coefficient (Wildman–Crippen LogP) is 3.32. The Balaban J connectivity index is 2.12. The highest BCUT2D eigenvalue weighted by Gasteiger charge is 2.18. The maximum atomic E-state index is 13.0. The van der Waals surface area contributed by atoms with E-state index in [0.29, 0.717) is 5.56 Å². The molecule has 17 heavy (non-hydrogen) atoms. The SMILES string of the molecule is CN(CC1CCCC1)c1ccc(F)cc1C#N. The van der Waals surface area contributed by atoms with Crippen LogP contribution in [0.3, 0.4) is 0 Å². The third kappa shape index (κ3) is 2.76. The van der Waals surface area contributed by atoms with Gasteiger partial charge in [0.25, 0.3) is 0 Å². The van der Waals surface area contributed by atoms with Crippen LogP contribution in [0.25, 0.3) is 0 Å². The van der Waals surface area contributed by atoms with Gasteiger partial charge in [-0.15, -0.1) is 0 Å². The zero-order valence-corrected chi connectivity index (χ0v) is 10.1. The molecular formula is C14H17FN2. The summed E-state index contributed by atoms with van der Waals surface area (Å²) in [6.07, 6.45) is 5.17. The van der Waals surface area contributed by atoms with E-state index in [2.05, 4.69) is 11.0 Å². The van der Waals surface area contributed by atoms with Gasteiger partial charge in [-0.3, -0.25) is 0 Å². The second-order valence-electron chi connectivity index (χ2n) is 4.80. The van der Waals surface area contributed by atoms with Crippen molar-refractivity contribution in [1.82, 2.24) is 0 Å². The first-order valence-electron chi connectivity index (χ1n) is 6.11. The average Bonchev–Trinajstić information content (AvgIpc) is 2.81. The monoisotopic (exact) mass is 232 g/mol. The lowest BCUT2D eigenvalue weighted by molar-refractivity contribution is 0.546. The van der Waals surface area contributed by atoms with E-state index < -0.39 is 0 Å². The van der Waals surface area contributed by atoms with Crippen molar-refractivity contribution in [2.24, 2.45) is 5.92 Å². The van der Waals surface area contributed by atoms with Crippen LogP contribution in [0.1, 0.15) is 31.2 Å². The maximum absolute atomic E-state index is 13.0. The Morgan fingerprint density at radius 1 is 1.41 bits per heavy atom. The van der Waals surface area contributed by atoms with Crippen molar-refractivity contribution >= 4 is 5.69 Å². The Morgan fingerprint density at radius 2 is 2.12 bits per heavy atom. The molecule has 90 valence electrons. The molecule has 0 aromatic heterocycles. The van der Waals surface area contributed by atoms with Crippen LogP contribution >= 0.6 is 0 Å². The summed E-state index contributed by atoms with van der Waals surface area (Å²) in [5.41, 5.74) is 1.26. The van der Waals surface area contributed by atoms with Gasteiger partial charge in [0.1, 0.15) is 11.9 Å². The number of hydrogen-bond donors (Lipinski definition) is 0. The van der Waals surface area contributed by atoms with Crippen molar-refractivity contribution in [3.63, 3.8) is 0 Å². The van der Waals surface area contributed by atoms with Crippen LogP contribution in [0.4, 0.5) is 10.1 Å². The molecule has 0 spiro atoms. The van der Waals surface area contributed by atoms with Crippen LogP contribution in [0.15, 0.2) is 18.2 Å². The smallest absolute Gasteiger partial charge is 0.124 e. The summed E-state index contributed by atoms with van der Waals surface area (Å²) in [5.74, 6) is 0.371. The summed E-state index contributed by atoms with van der Waals surface area (Å²) in [6.45, 7) is 0.959. The fraction of sp³-hybridized carbons (Fsp3) is 0.500. The fourth-order valence-electron chi connectivity index (χ4n) is 2.61. The van der Waals surface area contributed by atoms with Gasteiger partial charge in [0.15, 0.2) is 0 Å². The highest BCUT2D eigenvalue weighted by molar-refractivity contribution is 5.58. The lowest BCUT2D eigenvalue weighted by Gasteiger charge is -2.23. The van der Waals surface area contributed by atoms with Crippen LogP contribution in [-0.4, -0.2) is 13.6 Å². The van der Waals surface area contributed by atoms with Gasteiger partial charge in [-0.2, -0.15) is 5.26 Å². The van der Waals surface area contributed by atoms with Crippen LogP contribution in [-0.2, 0) is 0 Å². The zero-order valence-electron chi connectivity index (χ0n) is 10.1. The molecular weight excluding hydrogens is 215 g/mol. The third-order valence-electron chi connectivity index (χ3n) is 3.50. The van der Waals surface area contributed by atoms with Crippen molar-refractivity contribution in [2.45, 2.75) is 25.7 Å². The lowest BCUT2D eigenvalue weighted by atomic mass is 10.1. The Bertz CT molecular complexity index is 430. The van der Waals surface area contributed by atoms with Gasteiger partial charge in [-0.05, 0) is 37.0 Å². The van der Waals surface area contributed by atoms with Crippen LogP contribution in [0.2, 0.25) is 0 Å². The zero-order chi connectivity index (χ0) is 12.3. The Labute approximate surface area is 102 Å². The molecule has 0 amide bonds. The van der Waals surface area contributed by atoms with E-state index in [4.69, 9.17) is 5.26 Å². The van der Waals surface area contributed by atoms with Gasteiger partial charge >= 0.3 is 0 Å². The van der Waals surface area contributed by atoms with Crippen LogP contribution in [0.5, 0.6) is 0 Å². The summed E-state index contributed by atoms with van der Waals surface area (Å²) < 4.78 is 13.0. The third-order valence-corrected chi connectivity index (χ3v) is 3.50. The van der Waals surface area contributed by atoms with Crippen molar-refractivity contribution in [3.8, 4) is 6.07 Å². The lowest BCUT2D eigenvalue weighted by Crippen LogP contribution is -2.24. The van der Waals surface area contributed by atoms with Crippen molar-refractivity contribution in [3.05, 3.63) is 29.6 Å². The summed E-state index contributed by atoms with van der Waals surface area (Å²) in [4.78, 5) is 2.08. The fourth-order valence-corrected chi connectivity index (χ4v) is 2.61. The van der Waals surface area contributed by atoms with Crippen LogP contribution in [0, 0.1) is 23.1 Å². The Hall–Kier alpha value is -1.56. The predicted molar refractivity (Wildman–Crippen MR) is 66.3 cm³/mol. The topological polar surface area (TPSA) is 27.0 Å². The highest BCUT2D eigenvalue weighted by Crippen LogP contribution is 2.28. The molecule has 0 bridgehead atoms. The number of hydrogen-bond acceptors (Lipinski definition) is 2. The van der Waals surface area contributed by atoms with Gasteiger partial charge in [0, 0.05) is 13.6 Å². The summed E-state index contributed by atoms with van der Waals surface area (Å²) in [6, 6.07) is 6.48. The van der Waals surface area contributed by atoms with E-state index in [1.54, 1.807) is 6.07 Å². The Kier molecular flexibility index (Phi) is 3.63. The molecule has 0 saturated heterocycles. The molecule has 2 rings (SSSR count). The molecule has 3 heteroatoms. The molecule has 0 atom stereocenters. The highest BCUT2D eigenvalue weighted by atomic mass is 19.1. The van der Waals surface area contributed by atoms with Crippen molar-refractivity contribution in [1.29, 1.82) is 5.26 Å². The quantitative estimate of drug-likeness (QED) is 0.799. The normalized spacial score (nSPS) is 15.8. The molecule has 1 aliphatic carbocycles. The number of halogens is 1. The van der Waals surface area contributed by atoms with E-state index in [1.165, 1.54) is 37.8 Å². The van der Waals surface area contributed by atoms with Gasteiger partial charge in [-0.25, -0.2) is 4.39 Å². The number of rotatable bonds is 3. The molecule has 0 N–H and O–H groups in total.